The standard InChI is InChI=1S/C21H22N2O5/c1-26-17-5-3-16(4-6-17)22-20(24)14-8-10-23(11-9-14)21(25)15-2-7-18-19(12-15)28-13-27-18/h2-7,12,14H,8-11,13H2,1H3,(H,22,24). The third-order valence-electron chi connectivity index (χ3n) is 5.13. The van der Waals surface area contributed by atoms with Crippen LogP contribution in [0.3, 0.4) is 0 Å². The van der Waals surface area contributed by atoms with Crippen molar-refractivity contribution in [3.63, 3.8) is 0 Å². The number of amides is 2. The maximum atomic E-state index is 12.7. The molecule has 146 valence electrons. The van der Waals surface area contributed by atoms with Gasteiger partial charge in [0.1, 0.15) is 5.75 Å². The Bertz CT molecular complexity index is 873. The second-order valence-electron chi connectivity index (χ2n) is 6.85. The van der Waals surface area contributed by atoms with E-state index in [0.29, 0.717) is 43.0 Å². The smallest absolute Gasteiger partial charge is 0.253 e. The monoisotopic (exact) mass is 382 g/mol. The Labute approximate surface area is 163 Å². The van der Waals surface area contributed by atoms with E-state index < -0.39 is 0 Å². The molecule has 2 aliphatic rings. The first-order valence-electron chi connectivity index (χ1n) is 9.28. The summed E-state index contributed by atoms with van der Waals surface area (Å²) in [4.78, 5) is 27.1. The van der Waals surface area contributed by atoms with E-state index in [4.69, 9.17) is 14.2 Å². The molecule has 1 fully saturated rings. The lowest BCUT2D eigenvalue weighted by atomic mass is 9.95. The normalized spacial score (nSPS) is 16.0. The predicted octanol–water partition coefficient (Wildman–Crippen LogP) is 2.91. The summed E-state index contributed by atoms with van der Waals surface area (Å²) in [5, 5.41) is 2.94. The number of carbonyl (C=O) groups is 2. The van der Waals surface area contributed by atoms with Crippen LogP contribution in [0.4, 0.5) is 5.69 Å². The first kappa shape index (κ1) is 18.2. The predicted molar refractivity (Wildman–Crippen MR) is 103 cm³/mol. The SMILES string of the molecule is COc1ccc(NC(=O)C2CCN(C(=O)c3ccc4c(c3)OCO4)CC2)cc1. The number of nitrogens with one attached hydrogen (secondary N) is 1. The van der Waals surface area contributed by atoms with Crippen molar-refractivity contribution in [2.45, 2.75) is 12.8 Å². The molecule has 0 saturated carbocycles. The first-order chi connectivity index (χ1) is 13.6. The highest BCUT2D eigenvalue weighted by atomic mass is 16.7. The van der Waals surface area contributed by atoms with Crippen LogP contribution in [0.1, 0.15) is 23.2 Å². The summed E-state index contributed by atoms with van der Waals surface area (Å²) >= 11 is 0. The van der Waals surface area contributed by atoms with Crippen LogP contribution >= 0.6 is 0 Å². The minimum Gasteiger partial charge on any atom is -0.497 e. The Balaban J connectivity index is 1.32. The molecule has 2 heterocycles. The lowest BCUT2D eigenvalue weighted by Crippen LogP contribution is -2.41. The van der Waals surface area contributed by atoms with Gasteiger partial charge in [0.15, 0.2) is 11.5 Å². The molecule has 1 N–H and O–H groups in total. The third kappa shape index (κ3) is 3.74. The minimum atomic E-state index is -0.108. The Morgan fingerprint density at radius 3 is 2.46 bits per heavy atom. The van der Waals surface area contributed by atoms with Gasteiger partial charge in [-0.25, -0.2) is 0 Å². The highest BCUT2D eigenvalue weighted by Crippen LogP contribution is 2.33. The average Bonchev–Trinajstić information content (AvgIpc) is 3.22. The topological polar surface area (TPSA) is 77.1 Å². The molecule has 2 aliphatic heterocycles. The number of likely N-dealkylation sites (tertiary alicyclic amines) is 1. The van der Waals surface area contributed by atoms with Gasteiger partial charge in [-0.3, -0.25) is 9.59 Å². The Morgan fingerprint density at radius 2 is 1.75 bits per heavy atom. The van der Waals surface area contributed by atoms with Crippen LogP contribution in [0.5, 0.6) is 17.2 Å². The van der Waals surface area contributed by atoms with Crippen molar-refractivity contribution in [1.82, 2.24) is 4.90 Å². The van der Waals surface area contributed by atoms with Crippen molar-refractivity contribution in [2.75, 3.05) is 32.3 Å². The fraction of sp³-hybridized carbons (Fsp3) is 0.333. The van der Waals surface area contributed by atoms with Crippen molar-refractivity contribution < 1.29 is 23.8 Å². The van der Waals surface area contributed by atoms with Crippen molar-refractivity contribution in [3.8, 4) is 17.2 Å². The Hall–Kier alpha value is -3.22. The van der Waals surface area contributed by atoms with Crippen molar-refractivity contribution in [2.24, 2.45) is 5.92 Å². The van der Waals surface area contributed by atoms with Crippen LogP contribution in [0, 0.1) is 5.92 Å². The number of fused-ring (bicyclic) bond motifs is 1. The summed E-state index contributed by atoms with van der Waals surface area (Å²) in [6.07, 6.45) is 1.27. The van der Waals surface area contributed by atoms with Crippen LogP contribution < -0.4 is 19.5 Å². The van der Waals surface area contributed by atoms with E-state index in [0.717, 1.165) is 11.4 Å². The lowest BCUT2D eigenvalue weighted by Gasteiger charge is -2.31. The van der Waals surface area contributed by atoms with Crippen LogP contribution in [0.25, 0.3) is 0 Å². The summed E-state index contributed by atoms with van der Waals surface area (Å²) < 4.78 is 15.7. The molecule has 0 spiro atoms. The van der Waals surface area contributed by atoms with E-state index in [9.17, 15) is 9.59 Å². The first-order valence-corrected chi connectivity index (χ1v) is 9.28. The number of nitrogens with zero attached hydrogens (tertiary/aromatic N) is 1. The van der Waals surface area contributed by atoms with Gasteiger partial charge in [0, 0.05) is 30.3 Å². The Kier molecular flexibility index (Phi) is 5.06. The van der Waals surface area contributed by atoms with E-state index >= 15 is 0 Å². The fourth-order valence-corrected chi connectivity index (χ4v) is 3.48. The molecule has 4 rings (SSSR count). The molecule has 0 unspecified atom stereocenters. The molecule has 0 aliphatic carbocycles. The number of rotatable bonds is 4. The molecule has 2 aromatic rings. The number of hydrogen-bond acceptors (Lipinski definition) is 5. The number of piperidine rings is 1. The van der Waals surface area contributed by atoms with E-state index in [-0.39, 0.29) is 24.5 Å². The molecular formula is C21H22N2O5. The molecule has 2 amide bonds. The van der Waals surface area contributed by atoms with E-state index in [2.05, 4.69) is 5.32 Å². The zero-order chi connectivity index (χ0) is 19.5. The molecule has 0 bridgehead atoms. The lowest BCUT2D eigenvalue weighted by molar-refractivity contribution is -0.121. The van der Waals surface area contributed by atoms with Gasteiger partial charge in [-0.1, -0.05) is 0 Å². The van der Waals surface area contributed by atoms with Gasteiger partial charge in [0.05, 0.1) is 7.11 Å². The number of hydrogen-bond donors (Lipinski definition) is 1. The van der Waals surface area contributed by atoms with E-state index in [1.165, 1.54) is 0 Å². The number of carbonyl (C=O) groups excluding carboxylic acids is 2. The van der Waals surface area contributed by atoms with Gasteiger partial charge in [-0.15, -0.1) is 0 Å². The highest BCUT2D eigenvalue weighted by molar-refractivity contribution is 5.96. The van der Waals surface area contributed by atoms with Gasteiger partial charge in [0.2, 0.25) is 12.7 Å². The third-order valence-corrected chi connectivity index (χ3v) is 5.13. The summed E-state index contributed by atoms with van der Waals surface area (Å²) in [5.74, 6) is 1.83. The van der Waals surface area contributed by atoms with Gasteiger partial charge in [-0.05, 0) is 55.3 Å². The van der Waals surface area contributed by atoms with Crippen LogP contribution in [0.15, 0.2) is 42.5 Å². The molecular weight excluding hydrogens is 360 g/mol. The molecule has 28 heavy (non-hydrogen) atoms. The Morgan fingerprint density at radius 1 is 1.04 bits per heavy atom. The van der Waals surface area contributed by atoms with Crippen LogP contribution in [-0.2, 0) is 4.79 Å². The van der Waals surface area contributed by atoms with Gasteiger partial charge < -0.3 is 24.4 Å². The molecule has 1 saturated heterocycles. The average molecular weight is 382 g/mol. The van der Waals surface area contributed by atoms with Crippen LogP contribution in [-0.4, -0.2) is 43.7 Å². The molecule has 0 radical (unpaired) electrons. The zero-order valence-electron chi connectivity index (χ0n) is 15.6. The quantitative estimate of drug-likeness (QED) is 0.880. The summed E-state index contributed by atoms with van der Waals surface area (Å²) in [6, 6.07) is 12.5. The summed E-state index contributed by atoms with van der Waals surface area (Å²) in [7, 11) is 1.60. The molecule has 2 aromatic carbocycles. The van der Waals surface area contributed by atoms with Crippen LogP contribution in [0.2, 0.25) is 0 Å². The molecule has 0 atom stereocenters. The van der Waals surface area contributed by atoms with Gasteiger partial charge in [-0.2, -0.15) is 0 Å². The second-order valence-corrected chi connectivity index (χ2v) is 6.85. The van der Waals surface area contributed by atoms with Crippen molar-refractivity contribution in [3.05, 3.63) is 48.0 Å². The highest BCUT2D eigenvalue weighted by Gasteiger charge is 2.28. The van der Waals surface area contributed by atoms with Crippen molar-refractivity contribution >= 4 is 17.5 Å². The zero-order valence-corrected chi connectivity index (χ0v) is 15.6. The number of benzene rings is 2. The van der Waals surface area contributed by atoms with E-state index in [1.54, 1.807) is 30.2 Å². The largest absolute Gasteiger partial charge is 0.497 e. The molecule has 7 heteroatoms. The number of ether oxygens (including phenoxy) is 3. The maximum absolute atomic E-state index is 12.7. The second kappa shape index (κ2) is 7.80. The summed E-state index contributed by atoms with van der Waals surface area (Å²) in [5.41, 5.74) is 1.31. The van der Waals surface area contributed by atoms with Gasteiger partial charge >= 0.3 is 0 Å². The number of methoxy groups -OCH3 is 1. The fourth-order valence-electron chi connectivity index (χ4n) is 3.48. The van der Waals surface area contributed by atoms with E-state index in [1.807, 2.05) is 24.3 Å². The molecule has 7 nitrogen and oxygen atoms in total. The van der Waals surface area contributed by atoms with Crippen molar-refractivity contribution in [1.29, 1.82) is 0 Å². The maximum Gasteiger partial charge on any atom is 0.253 e. The van der Waals surface area contributed by atoms with Gasteiger partial charge in [0.25, 0.3) is 5.91 Å². The summed E-state index contributed by atoms with van der Waals surface area (Å²) in [6.45, 7) is 1.28. The minimum absolute atomic E-state index is 0.0136. The number of anilines is 1. The molecule has 0 aromatic heterocycles.